The zero-order valence-corrected chi connectivity index (χ0v) is 15.0. The van der Waals surface area contributed by atoms with Gasteiger partial charge < -0.3 is 4.90 Å². The highest BCUT2D eigenvalue weighted by atomic mass is 15.6. The maximum Gasteiger partial charge on any atom is 0.168 e. The molecular formula is C17H32N6. The van der Waals surface area contributed by atoms with Gasteiger partial charge in [0.2, 0.25) is 0 Å². The molecule has 1 atom stereocenters. The van der Waals surface area contributed by atoms with E-state index in [9.17, 15) is 0 Å². The molecule has 23 heavy (non-hydrogen) atoms. The van der Waals surface area contributed by atoms with Crippen molar-refractivity contribution >= 4 is 0 Å². The third kappa shape index (κ3) is 4.10. The maximum atomic E-state index is 4.49. The number of hydrogen-bond acceptors (Lipinski definition) is 5. The van der Waals surface area contributed by atoms with Gasteiger partial charge in [-0.1, -0.05) is 33.1 Å². The molecule has 1 aromatic rings. The second-order valence-corrected chi connectivity index (χ2v) is 7.76. The molecule has 0 unspecified atom stereocenters. The minimum atomic E-state index is 0.362. The van der Waals surface area contributed by atoms with E-state index in [1.807, 2.05) is 0 Å². The van der Waals surface area contributed by atoms with Crippen LogP contribution in [0.25, 0.3) is 0 Å². The highest BCUT2D eigenvalue weighted by Crippen LogP contribution is 2.33. The summed E-state index contributed by atoms with van der Waals surface area (Å²) in [5.74, 6) is 1.76. The minimum Gasteiger partial charge on any atom is -0.304 e. The Balaban J connectivity index is 1.80. The SMILES string of the molecule is CC(C)C[C@H](c1nnnn1C1CCCCC1)N1CCN(C)CC1. The van der Waals surface area contributed by atoms with E-state index in [4.69, 9.17) is 0 Å². The first kappa shape index (κ1) is 16.8. The van der Waals surface area contributed by atoms with Gasteiger partial charge >= 0.3 is 0 Å². The Kier molecular flexibility index (Phi) is 5.64. The molecule has 0 radical (unpaired) electrons. The van der Waals surface area contributed by atoms with Gasteiger partial charge in [0.1, 0.15) is 0 Å². The lowest BCUT2D eigenvalue weighted by atomic mass is 9.94. The first-order chi connectivity index (χ1) is 11.1. The molecule has 0 N–H and O–H groups in total. The smallest absolute Gasteiger partial charge is 0.168 e. The van der Waals surface area contributed by atoms with Crippen LogP contribution in [0.2, 0.25) is 0 Å². The molecule has 130 valence electrons. The van der Waals surface area contributed by atoms with E-state index in [-0.39, 0.29) is 0 Å². The third-order valence-electron chi connectivity index (χ3n) is 5.41. The Hall–Kier alpha value is -1.01. The molecular weight excluding hydrogens is 288 g/mol. The summed E-state index contributed by atoms with van der Waals surface area (Å²) >= 11 is 0. The number of nitrogens with zero attached hydrogens (tertiary/aromatic N) is 6. The lowest BCUT2D eigenvalue weighted by Crippen LogP contribution is -2.46. The van der Waals surface area contributed by atoms with E-state index in [1.165, 1.54) is 32.1 Å². The van der Waals surface area contributed by atoms with E-state index >= 15 is 0 Å². The van der Waals surface area contributed by atoms with Crippen molar-refractivity contribution < 1.29 is 0 Å². The molecule has 0 bridgehead atoms. The van der Waals surface area contributed by atoms with Crippen LogP contribution in [-0.2, 0) is 0 Å². The number of aromatic nitrogens is 4. The monoisotopic (exact) mass is 320 g/mol. The largest absolute Gasteiger partial charge is 0.304 e. The molecule has 1 aromatic heterocycles. The summed E-state index contributed by atoms with van der Waals surface area (Å²) in [6, 6.07) is 0.872. The maximum absolute atomic E-state index is 4.49. The summed E-state index contributed by atoms with van der Waals surface area (Å²) in [5, 5.41) is 12.9. The van der Waals surface area contributed by atoms with Crippen LogP contribution >= 0.6 is 0 Å². The summed E-state index contributed by atoms with van der Waals surface area (Å²) in [5.41, 5.74) is 0. The van der Waals surface area contributed by atoms with Crippen LogP contribution in [0.4, 0.5) is 0 Å². The van der Waals surface area contributed by atoms with Crippen molar-refractivity contribution in [2.24, 2.45) is 5.92 Å². The van der Waals surface area contributed by atoms with Gasteiger partial charge in [-0.15, -0.1) is 5.10 Å². The molecule has 2 aliphatic rings. The Bertz CT molecular complexity index is 471. The van der Waals surface area contributed by atoms with Crippen molar-refractivity contribution in [3.05, 3.63) is 5.82 Å². The number of hydrogen-bond donors (Lipinski definition) is 0. The van der Waals surface area contributed by atoms with Gasteiger partial charge in [-0.05, 0) is 42.7 Å². The zero-order valence-electron chi connectivity index (χ0n) is 15.0. The summed E-state index contributed by atoms with van der Waals surface area (Å²) in [7, 11) is 2.21. The van der Waals surface area contributed by atoms with Crippen LogP contribution in [0.3, 0.4) is 0 Å². The van der Waals surface area contributed by atoms with E-state index < -0.39 is 0 Å². The number of likely N-dealkylation sites (N-methyl/N-ethyl adjacent to an activating group) is 1. The fraction of sp³-hybridized carbons (Fsp3) is 0.941. The number of tetrazole rings is 1. The van der Waals surface area contributed by atoms with E-state index in [1.54, 1.807) is 0 Å². The molecule has 6 nitrogen and oxygen atoms in total. The number of piperazine rings is 1. The zero-order chi connectivity index (χ0) is 16.2. The molecule has 0 spiro atoms. The molecule has 2 fully saturated rings. The van der Waals surface area contributed by atoms with Crippen LogP contribution in [0.5, 0.6) is 0 Å². The van der Waals surface area contributed by atoms with E-state index in [0.717, 1.165) is 38.4 Å². The fourth-order valence-corrected chi connectivity index (χ4v) is 4.00. The van der Waals surface area contributed by atoms with E-state index in [0.29, 0.717) is 18.0 Å². The highest BCUT2D eigenvalue weighted by molar-refractivity contribution is 4.97. The van der Waals surface area contributed by atoms with Crippen LogP contribution in [0.15, 0.2) is 0 Å². The van der Waals surface area contributed by atoms with Gasteiger partial charge in [0.15, 0.2) is 5.82 Å². The van der Waals surface area contributed by atoms with Gasteiger partial charge in [-0.25, -0.2) is 4.68 Å². The van der Waals surface area contributed by atoms with Gasteiger partial charge in [0.05, 0.1) is 12.1 Å². The molecule has 1 aliphatic heterocycles. The second kappa shape index (κ2) is 7.71. The summed E-state index contributed by atoms with van der Waals surface area (Å²) in [6.07, 6.45) is 7.59. The quantitative estimate of drug-likeness (QED) is 0.834. The Morgan fingerprint density at radius 3 is 2.39 bits per heavy atom. The van der Waals surface area contributed by atoms with Crippen molar-refractivity contribution in [3.8, 4) is 0 Å². The van der Waals surface area contributed by atoms with Gasteiger partial charge in [-0.3, -0.25) is 4.90 Å². The predicted octanol–water partition coefficient (Wildman–Crippen LogP) is 2.51. The normalized spacial score (nSPS) is 23.5. The van der Waals surface area contributed by atoms with Crippen molar-refractivity contribution in [3.63, 3.8) is 0 Å². The highest BCUT2D eigenvalue weighted by Gasteiger charge is 2.31. The van der Waals surface area contributed by atoms with Crippen LogP contribution in [-0.4, -0.2) is 63.2 Å². The molecule has 2 heterocycles. The van der Waals surface area contributed by atoms with Crippen molar-refractivity contribution in [1.29, 1.82) is 0 Å². The lowest BCUT2D eigenvalue weighted by Gasteiger charge is -2.38. The molecule has 1 aliphatic carbocycles. The summed E-state index contributed by atoms with van der Waals surface area (Å²) in [6.45, 7) is 9.12. The first-order valence-corrected chi connectivity index (χ1v) is 9.35. The average Bonchev–Trinajstić information content (AvgIpc) is 3.03. The van der Waals surface area contributed by atoms with Gasteiger partial charge in [0, 0.05) is 26.2 Å². The lowest BCUT2D eigenvalue weighted by molar-refractivity contribution is 0.0911. The molecule has 1 saturated heterocycles. The molecule has 0 aromatic carbocycles. The third-order valence-corrected chi connectivity index (χ3v) is 5.41. The molecule has 3 rings (SSSR count). The van der Waals surface area contributed by atoms with Crippen LogP contribution < -0.4 is 0 Å². The Labute approximate surface area is 140 Å². The van der Waals surface area contributed by atoms with Crippen LogP contribution in [0.1, 0.15) is 70.3 Å². The molecule has 0 amide bonds. The molecule has 1 saturated carbocycles. The summed E-state index contributed by atoms with van der Waals surface area (Å²) in [4.78, 5) is 5.01. The van der Waals surface area contributed by atoms with Gasteiger partial charge in [0.25, 0.3) is 0 Å². The Morgan fingerprint density at radius 2 is 1.74 bits per heavy atom. The minimum absolute atomic E-state index is 0.362. The average molecular weight is 320 g/mol. The van der Waals surface area contributed by atoms with Crippen molar-refractivity contribution in [2.75, 3.05) is 33.2 Å². The standard InChI is InChI=1S/C17H32N6/c1-14(2)13-16(22-11-9-21(3)10-12-22)17-18-19-20-23(17)15-7-5-4-6-8-15/h14-16H,4-13H2,1-3H3/t16-/m1/s1. The molecule has 6 heteroatoms. The van der Waals surface area contributed by atoms with Crippen molar-refractivity contribution in [2.45, 2.75) is 64.5 Å². The number of rotatable bonds is 5. The first-order valence-electron chi connectivity index (χ1n) is 9.35. The van der Waals surface area contributed by atoms with Gasteiger partial charge in [-0.2, -0.15) is 0 Å². The topological polar surface area (TPSA) is 50.1 Å². The van der Waals surface area contributed by atoms with E-state index in [2.05, 4.69) is 50.9 Å². The second-order valence-electron chi connectivity index (χ2n) is 7.76. The summed E-state index contributed by atoms with van der Waals surface area (Å²) < 4.78 is 2.17. The Morgan fingerprint density at radius 1 is 1.04 bits per heavy atom. The van der Waals surface area contributed by atoms with Crippen molar-refractivity contribution in [1.82, 2.24) is 30.0 Å². The predicted molar refractivity (Wildman–Crippen MR) is 91.2 cm³/mol. The van der Waals surface area contributed by atoms with Crippen LogP contribution in [0, 0.1) is 5.92 Å². The fourth-order valence-electron chi connectivity index (χ4n) is 4.00.